The van der Waals surface area contributed by atoms with Crippen LogP contribution in [0.15, 0.2) is 24.3 Å². The second-order valence-corrected chi connectivity index (χ2v) is 7.50. The van der Waals surface area contributed by atoms with Gasteiger partial charge in [-0.15, -0.1) is 0 Å². The van der Waals surface area contributed by atoms with Crippen LogP contribution in [0.25, 0.3) is 0 Å². The summed E-state index contributed by atoms with van der Waals surface area (Å²) in [7, 11) is 0. The standard InChI is InChI=1S/C19H27NO4/c1-13(17(21)20-10-6-7-14(12-20)18(22)23)24-16-9-5-8-15(11-16)19(2,3)4/h5,8-9,11,13-14H,6-7,10,12H2,1-4H3,(H,22,23). The zero-order valence-corrected chi connectivity index (χ0v) is 14.9. The monoisotopic (exact) mass is 333 g/mol. The summed E-state index contributed by atoms with van der Waals surface area (Å²) < 4.78 is 5.82. The second kappa shape index (κ2) is 7.24. The van der Waals surface area contributed by atoms with Crippen molar-refractivity contribution in [1.29, 1.82) is 0 Å². The second-order valence-electron chi connectivity index (χ2n) is 7.50. The zero-order chi connectivity index (χ0) is 17.9. The van der Waals surface area contributed by atoms with Crippen molar-refractivity contribution >= 4 is 11.9 Å². The van der Waals surface area contributed by atoms with Gasteiger partial charge in [0.2, 0.25) is 0 Å². The average Bonchev–Trinajstić information content (AvgIpc) is 2.53. The van der Waals surface area contributed by atoms with Crippen molar-refractivity contribution < 1.29 is 19.4 Å². The first kappa shape index (κ1) is 18.3. The number of carboxylic acid groups (broad SMARTS) is 1. The lowest BCUT2D eigenvalue weighted by atomic mass is 9.87. The first-order valence-corrected chi connectivity index (χ1v) is 8.47. The molecule has 0 radical (unpaired) electrons. The molecule has 1 N–H and O–H groups in total. The average molecular weight is 333 g/mol. The van der Waals surface area contributed by atoms with Crippen LogP contribution in [0.3, 0.4) is 0 Å². The predicted octanol–water partition coefficient (Wildman–Crippen LogP) is 3.07. The SMILES string of the molecule is CC(Oc1cccc(C(C)(C)C)c1)C(=O)N1CCCC(C(=O)O)C1. The van der Waals surface area contributed by atoms with Crippen molar-refractivity contribution in [2.75, 3.05) is 13.1 Å². The molecule has 1 heterocycles. The minimum atomic E-state index is -0.834. The maximum Gasteiger partial charge on any atom is 0.308 e. The fourth-order valence-electron chi connectivity index (χ4n) is 2.93. The first-order valence-electron chi connectivity index (χ1n) is 8.47. The lowest BCUT2D eigenvalue weighted by Gasteiger charge is -2.32. The molecule has 5 heteroatoms. The summed E-state index contributed by atoms with van der Waals surface area (Å²) in [5.74, 6) is -0.796. The number of likely N-dealkylation sites (tertiary alicyclic amines) is 1. The Balaban J connectivity index is 2.02. The van der Waals surface area contributed by atoms with Gasteiger partial charge < -0.3 is 14.7 Å². The Kier molecular flexibility index (Phi) is 5.52. The van der Waals surface area contributed by atoms with E-state index < -0.39 is 18.0 Å². The zero-order valence-electron chi connectivity index (χ0n) is 14.9. The summed E-state index contributed by atoms with van der Waals surface area (Å²) in [6.45, 7) is 8.96. The highest BCUT2D eigenvalue weighted by atomic mass is 16.5. The maximum absolute atomic E-state index is 12.6. The van der Waals surface area contributed by atoms with E-state index in [4.69, 9.17) is 9.84 Å². The van der Waals surface area contributed by atoms with Gasteiger partial charge in [-0.05, 0) is 42.9 Å². The molecule has 1 aromatic rings. The number of carboxylic acids is 1. The molecule has 1 aromatic carbocycles. The van der Waals surface area contributed by atoms with Gasteiger partial charge in [0, 0.05) is 13.1 Å². The van der Waals surface area contributed by atoms with E-state index in [1.807, 2.05) is 24.3 Å². The molecule has 5 nitrogen and oxygen atoms in total. The number of ether oxygens (including phenoxy) is 1. The molecule has 0 saturated carbocycles. The molecule has 0 bridgehead atoms. The van der Waals surface area contributed by atoms with Crippen LogP contribution >= 0.6 is 0 Å². The maximum atomic E-state index is 12.6. The molecular formula is C19H27NO4. The largest absolute Gasteiger partial charge is 0.481 e. The number of amides is 1. The molecule has 1 fully saturated rings. The quantitative estimate of drug-likeness (QED) is 0.919. The number of hydrogen-bond donors (Lipinski definition) is 1. The molecule has 0 spiro atoms. The Hall–Kier alpha value is -2.04. The number of carbonyl (C=O) groups excluding carboxylic acids is 1. The van der Waals surface area contributed by atoms with E-state index in [0.717, 1.165) is 12.0 Å². The van der Waals surface area contributed by atoms with E-state index in [0.29, 0.717) is 18.7 Å². The van der Waals surface area contributed by atoms with Crippen LogP contribution in [0.5, 0.6) is 5.75 Å². The van der Waals surface area contributed by atoms with Gasteiger partial charge in [0.05, 0.1) is 5.92 Å². The smallest absolute Gasteiger partial charge is 0.308 e. The fraction of sp³-hybridized carbons (Fsp3) is 0.579. The molecule has 2 unspecified atom stereocenters. The van der Waals surface area contributed by atoms with Crippen molar-refractivity contribution in [3.8, 4) is 5.75 Å². The van der Waals surface area contributed by atoms with E-state index in [1.165, 1.54) is 0 Å². The molecule has 1 aliphatic rings. The molecule has 132 valence electrons. The van der Waals surface area contributed by atoms with Crippen molar-refractivity contribution in [2.45, 2.75) is 52.1 Å². The van der Waals surface area contributed by atoms with Gasteiger partial charge in [0.25, 0.3) is 5.91 Å². The van der Waals surface area contributed by atoms with Crippen LogP contribution < -0.4 is 4.74 Å². The van der Waals surface area contributed by atoms with Crippen LogP contribution in [0.4, 0.5) is 0 Å². The molecule has 0 aliphatic carbocycles. The number of hydrogen-bond acceptors (Lipinski definition) is 3. The third kappa shape index (κ3) is 4.49. The Morgan fingerprint density at radius 2 is 2.04 bits per heavy atom. The number of rotatable bonds is 4. The van der Waals surface area contributed by atoms with E-state index in [2.05, 4.69) is 20.8 Å². The van der Waals surface area contributed by atoms with Crippen LogP contribution in [0.1, 0.15) is 46.1 Å². The molecule has 0 aromatic heterocycles. The summed E-state index contributed by atoms with van der Waals surface area (Å²) in [5, 5.41) is 9.15. The molecule has 1 amide bonds. The fourth-order valence-corrected chi connectivity index (χ4v) is 2.93. The lowest BCUT2D eigenvalue weighted by Crippen LogP contribution is -2.47. The van der Waals surface area contributed by atoms with Gasteiger partial charge in [-0.3, -0.25) is 9.59 Å². The van der Waals surface area contributed by atoms with Gasteiger partial charge in [-0.25, -0.2) is 0 Å². The number of carbonyl (C=O) groups is 2. The summed E-state index contributed by atoms with van der Waals surface area (Å²) >= 11 is 0. The summed E-state index contributed by atoms with van der Waals surface area (Å²) in [4.78, 5) is 25.3. The Morgan fingerprint density at radius 3 is 2.67 bits per heavy atom. The highest BCUT2D eigenvalue weighted by Crippen LogP contribution is 2.26. The summed E-state index contributed by atoms with van der Waals surface area (Å²) in [6.07, 6.45) is 0.712. The topological polar surface area (TPSA) is 66.8 Å². The third-order valence-electron chi connectivity index (χ3n) is 4.44. The molecule has 1 saturated heterocycles. The number of nitrogens with zero attached hydrogens (tertiary/aromatic N) is 1. The minimum Gasteiger partial charge on any atom is -0.481 e. The van der Waals surface area contributed by atoms with Crippen molar-refractivity contribution in [2.24, 2.45) is 5.92 Å². The molecule has 2 atom stereocenters. The van der Waals surface area contributed by atoms with Crippen LogP contribution in [0, 0.1) is 5.92 Å². The van der Waals surface area contributed by atoms with Gasteiger partial charge in [0.1, 0.15) is 5.75 Å². The molecule has 2 rings (SSSR count). The summed E-state index contributed by atoms with van der Waals surface area (Å²) in [5.41, 5.74) is 1.15. The Labute approximate surface area is 143 Å². The number of benzene rings is 1. The van der Waals surface area contributed by atoms with E-state index in [9.17, 15) is 9.59 Å². The van der Waals surface area contributed by atoms with Gasteiger partial charge in [-0.2, -0.15) is 0 Å². The van der Waals surface area contributed by atoms with E-state index >= 15 is 0 Å². The molecule has 1 aliphatic heterocycles. The van der Waals surface area contributed by atoms with Crippen molar-refractivity contribution in [1.82, 2.24) is 4.90 Å². The first-order chi connectivity index (χ1) is 11.2. The minimum absolute atomic E-state index is 0.00813. The highest BCUT2D eigenvalue weighted by molar-refractivity contribution is 5.82. The molecule has 24 heavy (non-hydrogen) atoms. The van der Waals surface area contributed by atoms with Gasteiger partial charge in [-0.1, -0.05) is 32.9 Å². The van der Waals surface area contributed by atoms with Crippen LogP contribution in [-0.2, 0) is 15.0 Å². The van der Waals surface area contributed by atoms with E-state index in [1.54, 1.807) is 11.8 Å². The third-order valence-corrected chi connectivity index (χ3v) is 4.44. The van der Waals surface area contributed by atoms with Gasteiger partial charge >= 0.3 is 5.97 Å². The summed E-state index contributed by atoms with van der Waals surface area (Å²) in [6, 6.07) is 7.77. The van der Waals surface area contributed by atoms with Crippen molar-refractivity contribution in [3.05, 3.63) is 29.8 Å². The Bertz CT molecular complexity index is 606. The predicted molar refractivity (Wildman–Crippen MR) is 92.2 cm³/mol. The van der Waals surface area contributed by atoms with E-state index in [-0.39, 0.29) is 17.9 Å². The van der Waals surface area contributed by atoms with Gasteiger partial charge in [0.15, 0.2) is 6.10 Å². The van der Waals surface area contributed by atoms with Crippen LogP contribution in [0.2, 0.25) is 0 Å². The number of aliphatic carboxylic acids is 1. The Morgan fingerprint density at radius 1 is 1.33 bits per heavy atom. The normalized spacial score (nSPS) is 19.7. The lowest BCUT2D eigenvalue weighted by molar-refractivity contribution is -0.147. The highest BCUT2D eigenvalue weighted by Gasteiger charge is 2.31. The molecular weight excluding hydrogens is 306 g/mol. The van der Waals surface area contributed by atoms with Crippen molar-refractivity contribution in [3.63, 3.8) is 0 Å². The number of piperidine rings is 1. The van der Waals surface area contributed by atoms with Crippen LogP contribution in [-0.4, -0.2) is 41.1 Å².